The van der Waals surface area contributed by atoms with Crippen LogP contribution in [0.2, 0.25) is 0 Å². The number of morpholine rings is 1. The summed E-state index contributed by atoms with van der Waals surface area (Å²) in [4.78, 5) is 43.5. The maximum Gasteiger partial charge on any atom is 0.317 e. The van der Waals surface area contributed by atoms with Gasteiger partial charge in [-0.05, 0) is 79.1 Å². The van der Waals surface area contributed by atoms with Gasteiger partial charge in [0.2, 0.25) is 0 Å². The summed E-state index contributed by atoms with van der Waals surface area (Å²) in [6, 6.07) is 2.18. The number of nitrogens with one attached hydrogen (secondary N) is 1. The molecule has 0 spiro atoms. The van der Waals surface area contributed by atoms with E-state index in [1.165, 1.54) is 0 Å². The predicted octanol–water partition coefficient (Wildman–Crippen LogP) is 6.00. The van der Waals surface area contributed by atoms with Crippen molar-refractivity contribution < 1.29 is 19.1 Å². The molecule has 0 aromatic heterocycles. The van der Waals surface area contributed by atoms with Crippen molar-refractivity contribution >= 4 is 17.6 Å². The van der Waals surface area contributed by atoms with E-state index >= 15 is 0 Å². The minimum Gasteiger partial charge on any atom is -0.378 e. The lowest BCUT2D eigenvalue weighted by Crippen LogP contribution is -2.70. The van der Waals surface area contributed by atoms with E-state index in [-0.39, 0.29) is 57.2 Å². The summed E-state index contributed by atoms with van der Waals surface area (Å²) < 4.78 is 5.50. The number of nitriles is 1. The number of carbonyl (C=O) groups is 3. The van der Waals surface area contributed by atoms with Crippen LogP contribution in [0.15, 0.2) is 23.3 Å². The van der Waals surface area contributed by atoms with Gasteiger partial charge in [-0.25, -0.2) is 4.79 Å². The Labute approximate surface area is 251 Å². The predicted molar refractivity (Wildman–Crippen MR) is 160 cm³/mol. The highest BCUT2D eigenvalue weighted by Crippen LogP contribution is 2.73. The zero-order valence-corrected chi connectivity index (χ0v) is 26.7. The van der Waals surface area contributed by atoms with Gasteiger partial charge in [0.05, 0.1) is 18.8 Å². The third kappa shape index (κ3) is 3.89. The molecule has 0 bridgehead atoms. The van der Waals surface area contributed by atoms with Crippen molar-refractivity contribution in [3.05, 3.63) is 23.3 Å². The van der Waals surface area contributed by atoms with Crippen LogP contribution in [0, 0.1) is 56.2 Å². The van der Waals surface area contributed by atoms with E-state index in [0.717, 1.165) is 50.5 Å². The molecule has 1 aliphatic heterocycles. The summed E-state index contributed by atoms with van der Waals surface area (Å²) in [5.41, 5.74) is -0.731. The van der Waals surface area contributed by atoms with Gasteiger partial charge in [0, 0.05) is 35.4 Å². The van der Waals surface area contributed by atoms with Crippen LogP contribution in [0.1, 0.15) is 93.4 Å². The summed E-state index contributed by atoms with van der Waals surface area (Å²) in [7, 11) is 0. The molecule has 0 aromatic carbocycles. The van der Waals surface area contributed by atoms with Crippen LogP contribution in [-0.4, -0.2) is 54.3 Å². The second-order valence-corrected chi connectivity index (χ2v) is 16.4. The number of rotatable bonds is 1. The molecule has 3 saturated carbocycles. The average Bonchev–Trinajstić information content (AvgIpc) is 2.93. The maximum atomic E-state index is 14.7. The second kappa shape index (κ2) is 9.27. The first-order valence-corrected chi connectivity index (χ1v) is 16.1. The Bertz CT molecular complexity index is 1330. The van der Waals surface area contributed by atoms with Gasteiger partial charge in [-0.15, -0.1) is 0 Å². The van der Waals surface area contributed by atoms with Gasteiger partial charge in [0.25, 0.3) is 0 Å². The van der Waals surface area contributed by atoms with Crippen LogP contribution in [-0.2, 0) is 14.3 Å². The highest BCUT2D eigenvalue weighted by atomic mass is 16.5. The lowest BCUT2D eigenvalue weighted by molar-refractivity contribution is -0.160. The van der Waals surface area contributed by atoms with E-state index in [4.69, 9.17) is 4.74 Å². The number of amides is 2. The molecular weight excluding hydrogens is 526 g/mol. The molecule has 1 saturated heterocycles. The van der Waals surface area contributed by atoms with Crippen molar-refractivity contribution in [1.82, 2.24) is 10.2 Å². The number of ketones is 2. The van der Waals surface area contributed by atoms with Crippen LogP contribution in [0.5, 0.6) is 0 Å². The minimum atomic E-state index is -0.670. The van der Waals surface area contributed by atoms with Crippen molar-refractivity contribution in [2.45, 2.75) is 99.0 Å². The van der Waals surface area contributed by atoms with Gasteiger partial charge in [-0.3, -0.25) is 9.59 Å². The van der Waals surface area contributed by atoms with Gasteiger partial charge in [0.15, 0.2) is 11.6 Å². The largest absolute Gasteiger partial charge is 0.378 e. The number of hydrogen-bond donors (Lipinski definition) is 1. The molecule has 0 aromatic rings. The fourth-order valence-electron chi connectivity index (χ4n) is 10.9. The van der Waals surface area contributed by atoms with Gasteiger partial charge < -0.3 is 15.0 Å². The molecule has 228 valence electrons. The second-order valence-electron chi connectivity index (χ2n) is 16.4. The highest BCUT2D eigenvalue weighted by molar-refractivity contribution is 6.04. The zero-order chi connectivity index (χ0) is 30.5. The molecule has 6 aliphatic rings. The minimum absolute atomic E-state index is 0.0198. The van der Waals surface area contributed by atoms with Gasteiger partial charge in [0.1, 0.15) is 6.07 Å². The number of hydrogen-bond acceptors (Lipinski definition) is 5. The van der Waals surface area contributed by atoms with Crippen LogP contribution in [0.4, 0.5) is 4.79 Å². The monoisotopic (exact) mass is 575 g/mol. The van der Waals surface area contributed by atoms with Crippen molar-refractivity contribution in [1.29, 1.82) is 5.26 Å². The topological polar surface area (TPSA) is 99.5 Å². The van der Waals surface area contributed by atoms with E-state index < -0.39 is 16.4 Å². The molecule has 4 fully saturated rings. The lowest BCUT2D eigenvalue weighted by Gasteiger charge is -2.69. The van der Waals surface area contributed by atoms with E-state index in [0.29, 0.717) is 26.3 Å². The number of carbonyl (C=O) groups excluding carboxylic acids is 3. The number of urea groups is 1. The van der Waals surface area contributed by atoms with Crippen molar-refractivity contribution in [3.8, 4) is 6.07 Å². The summed E-state index contributed by atoms with van der Waals surface area (Å²) >= 11 is 0. The molecule has 7 atom stereocenters. The average molecular weight is 576 g/mol. The molecule has 0 radical (unpaired) electrons. The number of fused-ring (bicyclic) bond motifs is 7. The number of allylic oxidation sites excluding steroid dienone is 4. The zero-order valence-electron chi connectivity index (χ0n) is 26.7. The number of ether oxygens (including phenoxy) is 1. The van der Waals surface area contributed by atoms with Crippen LogP contribution in [0.25, 0.3) is 0 Å². The summed E-state index contributed by atoms with van der Waals surface area (Å²) in [5.74, 6) is -0.0211. The number of nitrogens with zero attached hydrogens (tertiary/aromatic N) is 2. The SMILES string of the molecule is CC1(C)CC[C@@]2(NC(=O)N3CCOCC3)CC[C@]3(C)[C@H](C(=O)C=C4[C@]5(C)C=C(C#N)C(=O)C(C)(C)[C@@H]5CC[C@]43C)[C@@H]2C1. The van der Waals surface area contributed by atoms with Crippen molar-refractivity contribution in [2.24, 2.45) is 44.8 Å². The molecule has 6 rings (SSSR count). The Morgan fingerprint density at radius 3 is 2.33 bits per heavy atom. The van der Waals surface area contributed by atoms with Crippen LogP contribution < -0.4 is 5.32 Å². The smallest absolute Gasteiger partial charge is 0.317 e. The van der Waals surface area contributed by atoms with E-state index in [1.807, 2.05) is 30.9 Å². The first-order valence-electron chi connectivity index (χ1n) is 16.1. The molecule has 5 aliphatic carbocycles. The van der Waals surface area contributed by atoms with Gasteiger partial charge in [-0.2, -0.15) is 5.26 Å². The Morgan fingerprint density at radius 1 is 1.00 bits per heavy atom. The third-order valence-electron chi connectivity index (χ3n) is 13.5. The van der Waals surface area contributed by atoms with E-state index in [1.54, 1.807) is 0 Å². The standard InChI is InChI=1S/C35H49N3O4/c1-30(2)10-12-35(37-29(41)38-14-16-42-17-15-38)13-11-34(7)27(23(35)20-30)24(39)18-26-32(5)19-22(21-36)28(40)31(3,4)25(32)8-9-33(26,34)6/h18-19,23,25,27H,8-17,20H2,1-7H3,(H,37,41)/t23-,25-,27-,32+,33+,34+,35+/m0/s1. The molecule has 7 nitrogen and oxygen atoms in total. The van der Waals surface area contributed by atoms with E-state index in [2.05, 4.69) is 46.0 Å². The molecule has 0 unspecified atom stereocenters. The normalized spacial score (nSPS) is 43.9. The van der Waals surface area contributed by atoms with Gasteiger partial charge >= 0.3 is 6.03 Å². The molecule has 1 N–H and O–H groups in total. The van der Waals surface area contributed by atoms with Gasteiger partial charge in [-0.1, -0.05) is 60.1 Å². The quantitative estimate of drug-likeness (QED) is 0.413. The molecule has 2 amide bonds. The maximum absolute atomic E-state index is 14.7. The fraction of sp³-hybridized carbons (Fsp3) is 0.771. The van der Waals surface area contributed by atoms with Crippen molar-refractivity contribution in [2.75, 3.05) is 26.3 Å². The Morgan fingerprint density at radius 2 is 1.67 bits per heavy atom. The Kier molecular flexibility index (Phi) is 6.53. The lowest BCUT2D eigenvalue weighted by atomic mass is 9.35. The molecule has 1 heterocycles. The summed E-state index contributed by atoms with van der Waals surface area (Å²) in [5, 5.41) is 13.5. The Hall–Kier alpha value is -2.46. The number of Topliss-reactive ketones (excluding diaryl/α,β-unsaturated/α-hetero) is 1. The van der Waals surface area contributed by atoms with Crippen LogP contribution in [0.3, 0.4) is 0 Å². The highest BCUT2D eigenvalue weighted by Gasteiger charge is 2.70. The molecule has 7 heteroatoms. The molecular formula is C35H49N3O4. The summed E-state index contributed by atoms with van der Waals surface area (Å²) in [6.07, 6.45) is 10.2. The summed E-state index contributed by atoms with van der Waals surface area (Å²) in [6.45, 7) is 17.8. The fourth-order valence-corrected chi connectivity index (χ4v) is 10.9. The van der Waals surface area contributed by atoms with E-state index in [9.17, 15) is 19.6 Å². The first kappa shape index (κ1) is 29.6. The Balaban J connectivity index is 1.45. The first-order chi connectivity index (χ1) is 19.5. The third-order valence-corrected chi connectivity index (χ3v) is 13.5. The molecule has 42 heavy (non-hydrogen) atoms. The van der Waals surface area contributed by atoms with Crippen LogP contribution >= 0.6 is 0 Å². The van der Waals surface area contributed by atoms with Crippen molar-refractivity contribution in [3.63, 3.8) is 0 Å².